The summed E-state index contributed by atoms with van der Waals surface area (Å²) in [6.45, 7) is 8.97. The first kappa shape index (κ1) is 14.1. The summed E-state index contributed by atoms with van der Waals surface area (Å²) >= 11 is 0. The maximum Gasteiger partial charge on any atom is 0.238 e. The second-order valence-electron chi connectivity index (χ2n) is 5.58. The van der Waals surface area contributed by atoms with Crippen molar-refractivity contribution in [2.75, 3.05) is 6.54 Å². The monoisotopic (exact) mass is 260 g/mol. The van der Waals surface area contributed by atoms with Crippen molar-refractivity contribution in [3.05, 3.63) is 34.9 Å². The van der Waals surface area contributed by atoms with Gasteiger partial charge in [0.1, 0.15) is 6.17 Å². The van der Waals surface area contributed by atoms with E-state index in [1.165, 1.54) is 16.7 Å². The molecule has 0 radical (unpaired) electrons. The maximum atomic E-state index is 12.1. The van der Waals surface area contributed by atoms with E-state index in [9.17, 15) is 4.79 Å². The zero-order chi connectivity index (χ0) is 14.0. The van der Waals surface area contributed by atoms with Crippen LogP contribution in [0.1, 0.15) is 49.5 Å². The molecular formula is C16H24N2O. The highest BCUT2D eigenvalue weighted by Gasteiger charge is 2.35. The average Bonchev–Trinajstić information content (AvgIpc) is 2.74. The van der Waals surface area contributed by atoms with E-state index in [4.69, 9.17) is 0 Å². The lowest BCUT2D eigenvalue weighted by Gasteiger charge is -2.31. The van der Waals surface area contributed by atoms with Gasteiger partial charge in [0.2, 0.25) is 5.91 Å². The molecule has 0 bridgehead atoms. The number of amides is 1. The summed E-state index contributed by atoms with van der Waals surface area (Å²) in [6.07, 6.45) is 2.19. The Bertz CT molecular complexity index is 470. The molecule has 2 rings (SSSR count). The van der Waals surface area contributed by atoms with Crippen molar-refractivity contribution < 1.29 is 4.79 Å². The third kappa shape index (κ3) is 2.81. The molecular weight excluding hydrogens is 236 g/mol. The molecule has 1 aromatic carbocycles. The molecule has 3 heteroatoms. The number of hydrogen-bond donors (Lipinski definition) is 1. The molecule has 1 aliphatic heterocycles. The van der Waals surface area contributed by atoms with Gasteiger partial charge in [0, 0.05) is 6.04 Å². The van der Waals surface area contributed by atoms with Gasteiger partial charge in [-0.2, -0.15) is 0 Å². The molecule has 2 unspecified atom stereocenters. The smallest absolute Gasteiger partial charge is 0.238 e. The Balaban J connectivity index is 2.32. The number of aryl methyl sites for hydroxylation is 2. The standard InChI is InChI=1S/C16H24N2O/c1-5-6-13(4)18-15(19)10-17-16(18)14-9-11(2)7-8-12(14)3/h7-9,13,16-17H,5-6,10H2,1-4H3. The van der Waals surface area contributed by atoms with E-state index in [0.29, 0.717) is 6.54 Å². The lowest BCUT2D eigenvalue weighted by molar-refractivity contribution is -0.130. The van der Waals surface area contributed by atoms with Gasteiger partial charge < -0.3 is 4.90 Å². The molecule has 1 N–H and O–H groups in total. The van der Waals surface area contributed by atoms with Gasteiger partial charge in [-0.3, -0.25) is 10.1 Å². The van der Waals surface area contributed by atoms with Gasteiger partial charge in [0.15, 0.2) is 0 Å². The van der Waals surface area contributed by atoms with E-state index in [1.54, 1.807) is 0 Å². The van der Waals surface area contributed by atoms with Crippen LogP contribution in [0.15, 0.2) is 18.2 Å². The van der Waals surface area contributed by atoms with E-state index in [-0.39, 0.29) is 18.1 Å². The normalized spacial score (nSPS) is 20.9. The number of rotatable bonds is 4. The first-order valence-corrected chi connectivity index (χ1v) is 7.16. The summed E-state index contributed by atoms with van der Waals surface area (Å²) in [5, 5.41) is 3.36. The third-order valence-electron chi connectivity index (χ3n) is 3.92. The molecule has 1 aliphatic rings. The second-order valence-corrected chi connectivity index (χ2v) is 5.58. The first-order valence-electron chi connectivity index (χ1n) is 7.16. The third-order valence-corrected chi connectivity index (χ3v) is 3.92. The average molecular weight is 260 g/mol. The molecule has 1 aromatic rings. The van der Waals surface area contributed by atoms with Gasteiger partial charge in [-0.25, -0.2) is 0 Å². The van der Waals surface area contributed by atoms with Crippen LogP contribution >= 0.6 is 0 Å². The van der Waals surface area contributed by atoms with Crippen LogP contribution in [-0.4, -0.2) is 23.4 Å². The first-order chi connectivity index (χ1) is 9.04. The minimum atomic E-state index is 0.0361. The van der Waals surface area contributed by atoms with Crippen molar-refractivity contribution in [3.63, 3.8) is 0 Å². The molecule has 2 atom stereocenters. The van der Waals surface area contributed by atoms with Crippen molar-refractivity contribution >= 4 is 5.91 Å². The molecule has 0 aliphatic carbocycles. The minimum Gasteiger partial charge on any atom is -0.319 e. The van der Waals surface area contributed by atoms with Crippen LogP contribution in [0, 0.1) is 13.8 Å². The zero-order valence-corrected chi connectivity index (χ0v) is 12.4. The highest BCUT2D eigenvalue weighted by molar-refractivity contribution is 5.81. The number of nitrogens with zero attached hydrogens (tertiary/aromatic N) is 1. The van der Waals surface area contributed by atoms with Crippen molar-refractivity contribution in [2.45, 2.75) is 52.7 Å². The predicted octanol–water partition coefficient (Wildman–Crippen LogP) is 2.92. The summed E-state index contributed by atoms with van der Waals surface area (Å²) < 4.78 is 0. The molecule has 1 heterocycles. The Kier molecular flexibility index (Phi) is 4.25. The topological polar surface area (TPSA) is 32.3 Å². The van der Waals surface area contributed by atoms with E-state index >= 15 is 0 Å². The summed E-state index contributed by atoms with van der Waals surface area (Å²) in [5.74, 6) is 0.215. The highest BCUT2D eigenvalue weighted by atomic mass is 16.2. The van der Waals surface area contributed by atoms with Crippen LogP contribution < -0.4 is 5.32 Å². The number of carbonyl (C=O) groups excluding carboxylic acids is 1. The molecule has 0 aromatic heterocycles. The maximum absolute atomic E-state index is 12.1. The number of nitrogens with one attached hydrogen (secondary N) is 1. The molecule has 1 saturated heterocycles. The largest absolute Gasteiger partial charge is 0.319 e. The van der Waals surface area contributed by atoms with Gasteiger partial charge >= 0.3 is 0 Å². The Morgan fingerprint density at radius 3 is 2.84 bits per heavy atom. The zero-order valence-electron chi connectivity index (χ0n) is 12.4. The van der Waals surface area contributed by atoms with E-state index in [2.05, 4.69) is 51.2 Å². The van der Waals surface area contributed by atoms with Gasteiger partial charge in [0.25, 0.3) is 0 Å². The van der Waals surface area contributed by atoms with Crippen LogP contribution in [0.4, 0.5) is 0 Å². The Hall–Kier alpha value is -1.35. The summed E-state index contributed by atoms with van der Waals surface area (Å²) in [7, 11) is 0. The number of hydrogen-bond acceptors (Lipinski definition) is 2. The van der Waals surface area contributed by atoms with E-state index < -0.39 is 0 Å². The minimum absolute atomic E-state index is 0.0361. The fourth-order valence-corrected chi connectivity index (χ4v) is 2.89. The molecule has 1 amide bonds. The number of carbonyl (C=O) groups is 1. The quantitative estimate of drug-likeness (QED) is 0.902. The van der Waals surface area contributed by atoms with Gasteiger partial charge in [-0.05, 0) is 38.3 Å². The molecule has 3 nitrogen and oxygen atoms in total. The van der Waals surface area contributed by atoms with E-state index in [1.807, 2.05) is 4.90 Å². The van der Waals surface area contributed by atoms with Gasteiger partial charge in [-0.1, -0.05) is 37.1 Å². The van der Waals surface area contributed by atoms with Crippen LogP contribution in [0.2, 0.25) is 0 Å². The van der Waals surface area contributed by atoms with Gasteiger partial charge in [-0.15, -0.1) is 0 Å². The lowest BCUT2D eigenvalue weighted by Crippen LogP contribution is -2.38. The summed E-state index contributed by atoms with van der Waals surface area (Å²) in [4.78, 5) is 14.2. The molecule has 0 spiro atoms. The molecule has 1 fully saturated rings. The van der Waals surface area contributed by atoms with Crippen molar-refractivity contribution in [3.8, 4) is 0 Å². The Labute approximate surface area is 116 Å². The Morgan fingerprint density at radius 1 is 1.42 bits per heavy atom. The van der Waals surface area contributed by atoms with E-state index in [0.717, 1.165) is 12.8 Å². The van der Waals surface area contributed by atoms with Crippen molar-refractivity contribution in [1.82, 2.24) is 10.2 Å². The van der Waals surface area contributed by atoms with Crippen LogP contribution in [0.3, 0.4) is 0 Å². The molecule has 104 valence electrons. The van der Waals surface area contributed by atoms with Crippen LogP contribution in [0.25, 0.3) is 0 Å². The predicted molar refractivity (Wildman–Crippen MR) is 77.9 cm³/mol. The molecule has 19 heavy (non-hydrogen) atoms. The lowest BCUT2D eigenvalue weighted by atomic mass is 10.0. The van der Waals surface area contributed by atoms with Crippen LogP contribution in [0.5, 0.6) is 0 Å². The highest BCUT2D eigenvalue weighted by Crippen LogP contribution is 2.29. The van der Waals surface area contributed by atoms with Gasteiger partial charge in [0.05, 0.1) is 6.54 Å². The number of benzene rings is 1. The Morgan fingerprint density at radius 2 is 2.16 bits per heavy atom. The second kappa shape index (κ2) is 5.74. The van der Waals surface area contributed by atoms with Crippen molar-refractivity contribution in [2.24, 2.45) is 0 Å². The molecule has 0 saturated carbocycles. The van der Waals surface area contributed by atoms with Crippen LogP contribution in [-0.2, 0) is 4.79 Å². The van der Waals surface area contributed by atoms with Crippen molar-refractivity contribution in [1.29, 1.82) is 0 Å². The summed E-state index contributed by atoms with van der Waals surface area (Å²) in [6, 6.07) is 6.74. The fraction of sp³-hybridized carbons (Fsp3) is 0.562. The SMILES string of the molecule is CCCC(C)N1C(=O)CNC1c1cc(C)ccc1C. The fourth-order valence-electron chi connectivity index (χ4n) is 2.89. The summed E-state index contributed by atoms with van der Waals surface area (Å²) in [5.41, 5.74) is 3.71.